The van der Waals surface area contributed by atoms with Gasteiger partial charge in [-0.05, 0) is 99.6 Å². The standard InChI is InChI=1S/C52H36N4/c1-3-12-35(13-4-1)36-22-24-37(25-23-36)38-14-11-15-41(32-38)47-30-31-53-52(54-47)56-49-21-10-8-19-44(49)46-34-40(27-29-51(46)56)39-26-28-50-45(33-39)43-18-7-9-20-48(43)55(50)42-16-5-2-6-17-42/h1-34,52,54H. The summed E-state index contributed by atoms with van der Waals surface area (Å²) in [5.74, 6) is 0. The average Bonchev–Trinajstić information content (AvgIpc) is 3.79. The molecule has 1 unspecified atom stereocenters. The second-order valence-electron chi connectivity index (χ2n) is 14.5. The molecule has 0 fully saturated rings. The van der Waals surface area contributed by atoms with Crippen LogP contribution in [0.4, 0.5) is 0 Å². The number of aliphatic imine (C=N–C) groups is 1. The normalized spacial score (nSPS) is 14.1. The van der Waals surface area contributed by atoms with Crippen LogP contribution in [0.3, 0.4) is 0 Å². The Bertz CT molecular complexity index is 3150. The summed E-state index contributed by atoms with van der Waals surface area (Å²) >= 11 is 0. The molecule has 1 atom stereocenters. The summed E-state index contributed by atoms with van der Waals surface area (Å²) < 4.78 is 4.70. The van der Waals surface area contributed by atoms with Crippen LogP contribution in [-0.2, 0) is 0 Å². The van der Waals surface area contributed by atoms with Crippen LogP contribution < -0.4 is 5.32 Å². The number of allylic oxidation sites excluding steroid dienone is 1. The fourth-order valence-electron chi connectivity index (χ4n) is 8.54. The lowest BCUT2D eigenvalue weighted by molar-refractivity contribution is 0.510. The third-order valence-corrected chi connectivity index (χ3v) is 11.2. The monoisotopic (exact) mass is 716 g/mol. The third-order valence-electron chi connectivity index (χ3n) is 11.2. The summed E-state index contributed by atoms with van der Waals surface area (Å²) in [4.78, 5) is 4.99. The van der Waals surface area contributed by atoms with Crippen molar-refractivity contribution >= 4 is 55.5 Å². The van der Waals surface area contributed by atoms with Gasteiger partial charge in [0.05, 0.1) is 22.1 Å². The minimum Gasteiger partial charge on any atom is -0.346 e. The quantitative estimate of drug-likeness (QED) is 0.183. The van der Waals surface area contributed by atoms with Crippen LogP contribution >= 0.6 is 0 Å². The lowest BCUT2D eigenvalue weighted by Crippen LogP contribution is -2.26. The van der Waals surface area contributed by atoms with Gasteiger partial charge >= 0.3 is 0 Å². The number of para-hydroxylation sites is 3. The van der Waals surface area contributed by atoms with Crippen molar-refractivity contribution in [2.24, 2.45) is 4.99 Å². The Labute approximate surface area is 324 Å². The van der Waals surface area contributed by atoms with Gasteiger partial charge < -0.3 is 14.5 Å². The number of aromatic nitrogens is 2. The molecule has 11 rings (SSSR count). The van der Waals surface area contributed by atoms with Crippen LogP contribution in [-0.4, -0.2) is 15.3 Å². The van der Waals surface area contributed by atoms with E-state index in [1.807, 2.05) is 6.21 Å². The molecular formula is C52H36N4. The van der Waals surface area contributed by atoms with Crippen molar-refractivity contribution in [2.45, 2.75) is 6.29 Å². The van der Waals surface area contributed by atoms with Gasteiger partial charge in [-0.3, -0.25) is 0 Å². The number of nitrogens with one attached hydrogen (secondary N) is 1. The Morgan fingerprint density at radius 3 is 1.61 bits per heavy atom. The van der Waals surface area contributed by atoms with Crippen molar-refractivity contribution in [1.82, 2.24) is 14.5 Å². The van der Waals surface area contributed by atoms with Crippen molar-refractivity contribution in [3.63, 3.8) is 0 Å². The lowest BCUT2D eigenvalue weighted by Gasteiger charge is -2.24. The topological polar surface area (TPSA) is 34.2 Å². The molecular weight excluding hydrogens is 681 g/mol. The van der Waals surface area contributed by atoms with Crippen LogP contribution in [0.15, 0.2) is 205 Å². The van der Waals surface area contributed by atoms with Gasteiger partial charge in [0.25, 0.3) is 0 Å². The molecule has 8 aromatic carbocycles. The van der Waals surface area contributed by atoms with E-state index in [-0.39, 0.29) is 6.29 Å². The Balaban J connectivity index is 0.941. The third kappa shape index (κ3) is 5.34. The Morgan fingerprint density at radius 2 is 0.857 bits per heavy atom. The smallest absolute Gasteiger partial charge is 0.200 e. The summed E-state index contributed by atoms with van der Waals surface area (Å²) in [6, 6.07) is 69.9. The van der Waals surface area contributed by atoms with Crippen LogP contribution in [0.2, 0.25) is 0 Å². The summed E-state index contributed by atoms with van der Waals surface area (Å²) in [7, 11) is 0. The van der Waals surface area contributed by atoms with E-state index < -0.39 is 0 Å². The molecule has 4 heteroatoms. The first-order valence-electron chi connectivity index (χ1n) is 19.1. The zero-order valence-electron chi connectivity index (χ0n) is 30.5. The molecule has 2 aromatic heterocycles. The van der Waals surface area contributed by atoms with E-state index in [0.717, 1.165) is 22.3 Å². The molecule has 56 heavy (non-hydrogen) atoms. The average molecular weight is 717 g/mol. The molecule has 1 aliphatic rings. The molecule has 0 saturated carbocycles. The highest BCUT2D eigenvalue weighted by molar-refractivity contribution is 6.12. The molecule has 0 amide bonds. The first-order chi connectivity index (χ1) is 27.8. The highest BCUT2D eigenvalue weighted by Gasteiger charge is 2.21. The van der Waals surface area contributed by atoms with E-state index >= 15 is 0 Å². The van der Waals surface area contributed by atoms with Crippen LogP contribution in [0, 0.1) is 0 Å². The predicted octanol–water partition coefficient (Wildman–Crippen LogP) is 13.1. The number of rotatable bonds is 6. The van der Waals surface area contributed by atoms with Gasteiger partial charge in [-0.2, -0.15) is 0 Å². The highest BCUT2D eigenvalue weighted by atomic mass is 15.3. The molecule has 0 saturated heterocycles. The van der Waals surface area contributed by atoms with Gasteiger partial charge in [0.15, 0.2) is 0 Å². The van der Waals surface area contributed by atoms with Crippen molar-refractivity contribution in [2.75, 3.05) is 0 Å². The Morgan fingerprint density at radius 1 is 0.375 bits per heavy atom. The number of hydrogen-bond acceptors (Lipinski definition) is 2. The second kappa shape index (κ2) is 13.2. The van der Waals surface area contributed by atoms with Gasteiger partial charge in [0, 0.05) is 39.1 Å². The summed E-state index contributed by atoms with van der Waals surface area (Å²) in [5, 5.41) is 8.70. The van der Waals surface area contributed by atoms with Gasteiger partial charge in [-0.15, -0.1) is 0 Å². The molecule has 0 radical (unpaired) electrons. The minimum atomic E-state index is -0.308. The maximum atomic E-state index is 4.99. The van der Waals surface area contributed by atoms with Crippen LogP contribution in [0.25, 0.3) is 88.4 Å². The maximum Gasteiger partial charge on any atom is 0.200 e. The summed E-state index contributed by atoms with van der Waals surface area (Å²) in [5.41, 5.74) is 15.2. The first kappa shape index (κ1) is 32.0. The zero-order chi connectivity index (χ0) is 37.0. The van der Waals surface area contributed by atoms with Crippen LogP contribution in [0.5, 0.6) is 0 Å². The van der Waals surface area contributed by atoms with Gasteiger partial charge in [0.1, 0.15) is 0 Å². The summed E-state index contributed by atoms with van der Waals surface area (Å²) in [6.45, 7) is 0. The molecule has 4 nitrogen and oxygen atoms in total. The first-order valence-corrected chi connectivity index (χ1v) is 19.1. The van der Waals surface area contributed by atoms with E-state index in [4.69, 9.17) is 4.99 Å². The number of hydrogen-bond donors (Lipinski definition) is 1. The second-order valence-corrected chi connectivity index (χ2v) is 14.5. The van der Waals surface area contributed by atoms with Crippen molar-refractivity contribution in [3.05, 3.63) is 206 Å². The number of benzene rings is 8. The fourth-order valence-corrected chi connectivity index (χ4v) is 8.54. The molecule has 1 aliphatic heterocycles. The maximum absolute atomic E-state index is 4.99. The zero-order valence-corrected chi connectivity index (χ0v) is 30.5. The largest absolute Gasteiger partial charge is 0.346 e. The van der Waals surface area contributed by atoms with E-state index in [9.17, 15) is 0 Å². The summed E-state index contributed by atoms with van der Waals surface area (Å²) in [6.07, 6.45) is 3.70. The van der Waals surface area contributed by atoms with E-state index in [0.29, 0.717) is 0 Å². The van der Waals surface area contributed by atoms with Gasteiger partial charge in [-0.1, -0.05) is 140 Å². The SMILES string of the molecule is C1=NC(n2c3ccccc3c3cc(-c4ccc5c(c4)c4ccccc4n5-c4ccccc4)ccc32)NC(c2cccc(-c3ccc(-c4ccccc4)cc3)c2)=C1. The van der Waals surface area contributed by atoms with Crippen molar-refractivity contribution < 1.29 is 0 Å². The molecule has 1 N–H and O–H groups in total. The lowest BCUT2D eigenvalue weighted by atomic mass is 9.98. The van der Waals surface area contributed by atoms with E-state index in [2.05, 4.69) is 215 Å². The highest BCUT2D eigenvalue weighted by Crippen LogP contribution is 2.39. The van der Waals surface area contributed by atoms with E-state index in [1.54, 1.807) is 0 Å². The Hall–Kier alpha value is -7.43. The number of fused-ring (bicyclic) bond motifs is 6. The predicted molar refractivity (Wildman–Crippen MR) is 235 cm³/mol. The van der Waals surface area contributed by atoms with Gasteiger partial charge in [0.2, 0.25) is 6.29 Å². The molecule has 0 spiro atoms. The van der Waals surface area contributed by atoms with E-state index in [1.165, 1.54) is 71.6 Å². The fraction of sp³-hybridized carbons (Fsp3) is 0.0192. The van der Waals surface area contributed by atoms with Crippen molar-refractivity contribution in [3.8, 4) is 39.1 Å². The number of nitrogens with zero attached hydrogens (tertiary/aromatic N) is 3. The molecule has 0 aliphatic carbocycles. The van der Waals surface area contributed by atoms with Crippen LogP contribution in [0.1, 0.15) is 11.9 Å². The van der Waals surface area contributed by atoms with Gasteiger partial charge in [-0.25, -0.2) is 4.99 Å². The molecule has 3 heterocycles. The molecule has 0 bridgehead atoms. The minimum absolute atomic E-state index is 0.308. The molecule has 10 aromatic rings. The Kier molecular flexibility index (Phi) is 7.52. The molecule has 264 valence electrons. The van der Waals surface area contributed by atoms with Crippen molar-refractivity contribution in [1.29, 1.82) is 0 Å².